The highest BCUT2D eigenvalue weighted by Gasteiger charge is 2.46. The minimum Gasteiger partial charge on any atom is -0.495 e. The van der Waals surface area contributed by atoms with Gasteiger partial charge in [0, 0.05) is 18.7 Å². The van der Waals surface area contributed by atoms with Crippen molar-refractivity contribution >= 4 is 46.3 Å². The summed E-state index contributed by atoms with van der Waals surface area (Å²) in [6.07, 6.45) is 0. The van der Waals surface area contributed by atoms with Crippen LogP contribution in [-0.2, 0) is 38.1 Å². The van der Waals surface area contributed by atoms with Crippen LogP contribution in [0.4, 0.5) is 8.78 Å². The molecule has 0 radical (unpaired) electrons. The van der Waals surface area contributed by atoms with Crippen LogP contribution in [0.1, 0.15) is 34.0 Å². The molecular weight excluding hydrogens is 678 g/mol. The highest BCUT2D eigenvalue weighted by molar-refractivity contribution is 7.89. The number of alkyl halides is 2. The molecule has 0 N–H and O–H groups in total. The first-order valence-electron chi connectivity index (χ1n) is 14.0. The van der Waals surface area contributed by atoms with Gasteiger partial charge in [-0.1, -0.05) is 77.8 Å². The molecule has 0 unspecified atom stereocenters. The molecule has 4 aromatic rings. The lowest BCUT2D eigenvalue weighted by molar-refractivity contribution is 0.0526. The second kappa shape index (κ2) is 14.2. The summed E-state index contributed by atoms with van der Waals surface area (Å²) in [5.74, 6) is -0.406. The van der Waals surface area contributed by atoms with Crippen molar-refractivity contribution < 1.29 is 36.0 Å². The van der Waals surface area contributed by atoms with Crippen molar-refractivity contribution in [3.8, 4) is 16.9 Å². The zero-order valence-corrected chi connectivity index (χ0v) is 28.7. The van der Waals surface area contributed by atoms with E-state index < -0.39 is 34.4 Å². The van der Waals surface area contributed by atoms with Crippen molar-refractivity contribution in [2.75, 3.05) is 27.0 Å². The summed E-state index contributed by atoms with van der Waals surface area (Å²) in [5, 5.41) is -0.0677. The Morgan fingerprint density at radius 3 is 2.09 bits per heavy atom. The second-order valence-corrected chi connectivity index (χ2v) is 16.7. The minimum absolute atomic E-state index is 0.0751. The number of carbonyl (C=O) groups excluding carboxylic acids is 1. The molecule has 0 saturated heterocycles. The Morgan fingerprint density at radius 1 is 0.870 bits per heavy atom. The Morgan fingerprint density at radius 2 is 1.48 bits per heavy atom. The van der Waals surface area contributed by atoms with Gasteiger partial charge in [-0.3, -0.25) is 0 Å². The molecule has 0 aliphatic rings. The molecule has 0 aromatic heterocycles. The lowest BCUT2D eigenvalue weighted by Crippen LogP contribution is -2.30. The summed E-state index contributed by atoms with van der Waals surface area (Å²) >= 11 is 12.5. The zero-order chi connectivity index (χ0) is 33.9. The summed E-state index contributed by atoms with van der Waals surface area (Å²) in [7, 11) is -6.72. The molecule has 244 valence electrons. The van der Waals surface area contributed by atoms with Gasteiger partial charge >= 0.3 is 11.6 Å². The van der Waals surface area contributed by atoms with E-state index in [1.807, 2.05) is 0 Å². The number of hydrogen-bond acceptors (Lipinski definition) is 6. The number of sulfonamides is 1. The Kier molecular flexibility index (Phi) is 11.0. The third kappa shape index (κ3) is 7.64. The minimum atomic E-state index is -4.20. The highest BCUT2D eigenvalue weighted by Crippen LogP contribution is 2.61. The van der Waals surface area contributed by atoms with Crippen LogP contribution in [0.3, 0.4) is 0 Å². The molecule has 46 heavy (non-hydrogen) atoms. The van der Waals surface area contributed by atoms with E-state index in [0.29, 0.717) is 16.7 Å². The molecular formula is C33H32Cl2F2NO6PS. The van der Waals surface area contributed by atoms with Gasteiger partial charge in [0.2, 0.25) is 10.0 Å². The first kappa shape index (κ1) is 35.6. The number of carbonyl (C=O) groups is 1. The van der Waals surface area contributed by atoms with Gasteiger partial charge in [0.25, 0.3) is 0 Å². The number of para-hydroxylation sites is 1. The molecule has 0 atom stereocenters. The lowest BCUT2D eigenvalue weighted by atomic mass is 10.0. The smallest absolute Gasteiger partial charge is 0.339 e. The van der Waals surface area contributed by atoms with Gasteiger partial charge in [0.15, 0.2) is 7.14 Å². The average Bonchev–Trinajstić information content (AvgIpc) is 3.00. The maximum atomic E-state index is 14.9. The standard InChI is InChI=1S/C33H32Cl2F2NO6PS/c1-5-44-32(39)26-19-25(15-17-28(26)34)24-13-10-22(11-14-24)20-38(46(41,42)31-9-7-6-8-30(31)43-2)21-23-12-16-27(29(35)18-23)33(36,37)45(3,4)40/h6-19H,5,20-21H2,1-4H3. The Hall–Kier alpha value is -3.27. The van der Waals surface area contributed by atoms with Crippen LogP contribution in [0.25, 0.3) is 11.1 Å². The molecule has 0 amide bonds. The van der Waals surface area contributed by atoms with Gasteiger partial charge in [-0.05, 0) is 72.8 Å². The van der Waals surface area contributed by atoms with Gasteiger partial charge in [0.1, 0.15) is 10.6 Å². The monoisotopic (exact) mass is 709 g/mol. The first-order valence-corrected chi connectivity index (χ1v) is 18.8. The molecule has 13 heteroatoms. The molecule has 0 heterocycles. The number of methoxy groups -OCH3 is 1. The van der Waals surface area contributed by atoms with Crippen molar-refractivity contribution in [2.45, 2.75) is 30.6 Å². The number of rotatable bonds is 12. The fraction of sp³-hybridized carbons (Fsp3) is 0.242. The van der Waals surface area contributed by atoms with E-state index in [9.17, 15) is 26.6 Å². The van der Waals surface area contributed by atoms with E-state index in [0.717, 1.165) is 25.0 Å². The topological polar surface area (TPSA) is 90.0 Å². The average molecular weight is 711 g/mol. The molecule has 0 aliphatic carbocycles. The molecule has 0 aliphatic heterocycles. The molecule has 0 saturated carbocycles. The Bertz CT molecular complexity index is 1900. The Balaban J connectivity index is 1.70. The SMILES string of the molecule is CCOC(=O)c1cc(-c2ccc(CN(Cc3ccc(C(F)(F)P(C)(C)=O)c(Cl)c3)S(=O)(=O)c3ccccc3OC)cc2)ccc1Cl. The molecule has 7 nitrogen and oxygen atoms in total. The van der Waals surface area contributed by atoms with Gasteiger partial charge in [0.05, 0.1) is 29.3 Å². The van der Waals surface area contributed by atoms with Gasteiger partial charge in [-0.2, -0.15) is 13.1 Å². The fourth-order valence-corrected chi connectivity index (χ4v) is 7.60. The van der Waals surface area contributed by atoms with Crippen molar-refractivity contribution in [1.29, 1.82) is 0 Å². The van der Waals surface area contributed by atoms with E-state index in [1.54, 1.807) is 61.5 Å². The van der Waals surface area contributed by atoms with Crippen molar-refractivity contribution in [1.82, 2.24) is 4.31 Å². The third-order valence-corrected chi connectivity index (χ3v) is 11.3. The zero-order valence-electron chi connectivity index (χ0n) is 25.5. The predicted molar refractivity (Wildman–Crippen MR) is 177 cm³/mol. The molecule has 4 rings (SSSR count). The molecule has 0 bridgehead atoms. The van der Waals surface area contributed by atoms with Crippen LogP contribution in [-0.4, -0.2) is 45.7 Å². The number of esters is 1. The number of nitrogens with zero attached hydrogens (tertiary/aromatic N) is 1. The van der Waals surface area contributed by atoms with E-state index in [2.05, 4.69) is 0 Å². The molecule has 0 spiro atoms. The number of halogens is 4. The summed E-state index contributed by atoms with van der Waals surface area (Å²) in [4.78, 5) is 12.3. The summed E-state index contributed by atoms with van der Waals surface area (Å²) < 4.78 is 81.7. The van der Waals surface area contributed by atoms with Crippen LogP contribution in [0.15, 0.2) is 89.8 Å². The van der Waals surface area contributed by atoms with Gasteiger partial charge in [-0.25, -0.2) is 13.2 Å². The van der Waals surface area contributed by atoms with Crippen molar-refractivity contribution in [2.24, 2.45) is 0 Å². The summed E-state index contributed by atoms with van der Waals surface area (Å²) in [6, 6.07) is 21.9. The van der Waals surface area contributed by atoms with Crippen LogP contribution in [0.5, 0.6) is 5.75 Å². The normalized spacial score (nSPS) is 12.3. The van der Waals surface area contributed by atoms with Crippen LogP contribution in [0.2, 0.25) is 10.0 Å². The van der Waals surface area contributed by atoms with E-state index in [1.165, 1.54) is 35.7 Å². The molecule has 0 fully saturated rings. The van der Waals surface area contributed by atoms with Gasteiger partial charge in [-0.15, -0.1) is 0 Å². The third-order valence-electron chi connectivity index (χ3n) is 7.19. The van der Waals surface area contributed by atoms with Crippen LogP contribution >= 0.6 is 30.3 Å². The predicted octanol–water partition coefficient (Wildman–Crippen LogP) is 8.91. The first-order chi connectivity index (χ1) is 21.6. The highest BCUT2D eigenvalue weighted by atomic mass is 35.5. The van der Waals surface area contributed by atoms with E-state index in [4.69, 9.17) is 32.7 Å². The quantitative estimate of drug-likeness (QED) is 0.108. The summed E-state index contributed by atoms with van der Waals surface area (Å²) in [6.45, 7) is 3.55. The number of ether oxygens (including phenoxy) is 2. The Labute approximate surface area is 277 Å². The largest absolute Gasteiger partial charge is 0.495 e. The molecule has 4 aromatic carbocycles. The maximum Gasteiger partial charge on any atom is 0.339 e. The van der Waals surface area contributed by atoms with Gasteiger partial charge < -0.3 is 14.0 Å². The number of benzene rings is 4. The van der Waals surface area contributed by atoms with Crippen LogP contribution in [0, 0.1) is 0 Å². The number of hydrogen-bond donors (Lipinski definition) is 0. The lowest BCUT2D eigenvalue weighted by Gasteiger charge is -2.25. The van der Waals surface area contributed by atoms with Crippen molar-refractivity contribution in [3.05, 3.63) is 117 Å². The maximum absolute atomic E-state index is 14.9. The van der Waals surface area contributed by atoms with E-state index >= 15 is 0 Å². The van der Waals surface area contributed by atoms with Crippen molar-refractivity contribution in [3.63, 3.8) is 0 Å². The van der Waals surface area contributed by atoms with Crippen LogP contribution < -0.4 is 4.74 Å². The van der Waals surface area contributed by atoms with E-state index in [-0.39, 0.29) is 46.0 Å². The summed E-state index contributed by atoms with van der Waals surface area (Å²) in [5.41, 5.74) is -1.61. The fourth-order valence-electron chi connectivity index (χ4n) is 4.67. The second-order valence-electron chi connectivity index (χ2n) is 10.7.